The van der Waals surface area contributed by atoms with Crippen LogP contribution >= 0.6 is 0 Å². The van der Waals surface area contributed by atoms with Crippen LogP contribution in [-0.2, 0) is 17.8 Å². The van der Waals surface area contributed by atoms with E-state index in [1.54, 1.807) is 19.1 Å². The van der Waals surface area contributed by atoms with E-state index in [1.807, 2.05) is 25.2 Å². The van der Waals surface area contributed by atoms with E-state index in [4.69, 9.17) is 9.47 Å². The number of rotatable bonds is 7. The molecule has 3 rings (SSSR count). The van der Waals surface area contributed by atoms with Crippen LogP contribution in [0.25, 0.3) is 0 Å². The molecule has 28 heavy (non-hydrogen) atoms. The summed E-state index contributed by atoms with van der Waals surface area (Å²) in [5.74, 6) is 1.45. The predicted octanol–water partition coefficient (Wildman–Crippen LogP) is 3.90. The molecule has 1 aliphatic heterocycles. The second-order valence-corrected chi connectivity index (χ2v) is 7.32. The number of carbonyl (C=O) groups excluding carboxylic acids is 1. The van der Waals surface area contributed by atoms with Gasteiger partial charge in [-0.25, -0.2) is 0 Å². The van der Waals surface area contributed by atoms with Gasteiger partial charge in [0.1, 0.15) is 11.5 Å². The molecule has 0 spiro atoms. The summed E-state index contributed by atoms with van der Waals surface area (Å²) >= 11 is 0. The van der Waals surface area contributed by atoms with Gasteiger partial charge in [-0.05, 0) is 43.0 Å². The number of ether oxygens (including phenoxy) is 2. The zero-order valence-electron chi connectivity index (χ0n) is 17.1. The Morgan fingerprint density at radius 3 is 2.36 bits per heavy atom. The van der Waals surface area contributed by atoms with Crippen molar-refractivity contribution in [2.75, 3.05) is 39.3 Å². The van der Waals surface area contributed by atoms with Crippen molar-refractivity contribution in [3.05, 3.63) is 53.6 Å². The number of anilines is 1. The normalized spacial score (nSPS) is 13.9. The first-order chi connectivity index (χ1) is 13.6. The number of carbonyl (C=O) groups is 1. The molecule has 1 aliphatic rings. The van der Waals surface area contributed by atoms with Crippen LogP contribution in [-0.4, -0.2) is 45.2 Å². The maximum Gasteiger partial charge on any atom is 0.227 e. The van der Waals surface area contributed by atoms with Crippen LogP contribution in [0, 0.1) is 0 Å². The van der Waals surface area contributed by atoms with Gasteiger partial charge < -0.3 is 19.3 Å². The van der Waals surface area contributed by atoms with E-state index in [-0.39, 0.29) is 5.91 Å². The Morgan fingerprint density at radius 1 is 1.00 bits per heavy atom. The molecule has 0 unspecified atom stereocenters. The lowest BCUT2D eigenvalue weighted by molar-refractivity contribution is -0.129. The topological polar surface area (TPSA) is 42.0 Å². The average molecular weight is 383 g/mol. The molecule has 1 heterocycles. The van der Waals surface area contributed by atoms with E-state index in [0.29, 0.717) is 18.7 Å². The third-order valence-corrected chi connectivity index (χ3v) is 5.34. The van der Waals surface area contributed by atoms with Gasteiger partial charge in [-0.1, -0.05) is 18.2 Å². The van der Waals surface area contributed by atoms with Crippen molar-refractivity contribution in [1.82, 2.24) is 4.90 Å². The van der Waals surface area contributed by atoms with Crippen molar-refractivity contribution in [2.45, 2.75) is 32.2 Å². The fourth-order valence-electron chi connectivity index (χ4n) is 3.62. The number of methoxy groups -OCH3 is 2. The number of piperidine rings is 1. The molecule has 1 saturated heterocycles. The number of nitrogens with zero attached hydrogens (tertiary/aromatic N) is 2. The summed E-state index contributed by atoms with van der Waals surface area (Å²) in [4.78, 5) is 16.9. The van der Waals surface area contributed by atoms with E-state index < -0.39 is 0 Å². The highest BCUT2D eigenvalue weighted by Crippen LogP contribution is 2.25. The number of likely N-dealkylation sites (N-methyl/N-ethyl adjacent to an activating group) is 1. The fraction of sp³-hybridized carbons (Fsp3) is 0.435. The van der Waals surface area contributed by atoms with Crippen molar-refractivity contribution in [1.29, 1.82) is 0 Å². The zero-order valence-corrected chi connectivity index (χ0v) is 17.1. The lowest BCUT2D eigenvalue weighted by Gasteiger charge is -2.29. The third-order valence-electron chi connectivity index (χ3n) is 5.34. The molecule has 5 nitrogen and oxygen atoms in total. The van der Waals surface area contributed by atoms with Crippen LogP contribution in [0.15, 0.2) is 42.5 Å². The molecule has 2 aromatic carbocycles. The standard InChI is InChI=1S/C23H30N2O3/c1-24(23(26)15-19-9-12-21(27-2)16-22(19)28-3)17-18-7-10-20(11-8-18)25-13-5-4-6-14-25/h7-12,16H,4-6,13-15,17H2,1-3H3. The van der Waals surface area contributed by atoms with Crippen LogP contribution in [0.5, 0.6) is 11.5 Å². The highest BCUT2D eigenvalue weighted by atomic mass is 16.5. The number of hydrogen-bond acceptors (Lipinski definition) is 4. The molecule has 0 aromatic heterocycles. The predicted molar refractivity (Wildman–Crippen MR) is 112 cm³/mol. The summed E-state index contributed by atoms with van der Waals surface area (Å²) in [6.45, 7) is 2.88. The van der Waals surface area contributed by atoms with Gasteiger partial charge in [0.25, 0.3) is 0 Å². The van der Waals surface area contributed by atoms with Crippen molar-refractivity contribution >= 4 is 11.6 Å². The number of benzene rings is 2. The van der Waals surface area contributed by atoms with Crippen LogP contribution in [0.1, 0.15) is 30.4 Å². The average Bonchev–Trinajstić information content (AvgIpc) is 2.75. The van der Waals surface area contributed by atoms with E-state index in [0.717, 1.165) is 30.0 Å². The van der Waals surface area contributed by atoms with Crippen LogP contribution in [0.2, 0.25) is 0 Å². The van der Waals surface area contributed by atoms with Gasteiger partial charge in [-0.2, -0.15) is 0 Å². The van der Waals surface area contributed by atoms with Gasteiger partial charge in [-0.15, -0.1) is 0 Å². The molecule has 5 heteroatoms. The smallest absolute Gasteiger partial charge is 0.227 e. The molecular formula is C23H30N2O3. The maximum absolute atomic E-state index is 12.7. The van der Waals surface area contributed by atoms with Gasteiger partial charge in [0.15, 0.2) is 0 Å². The molecule has 0 N–H and O–H groups in total. The molecule has 0 saturated carbocycles. The molecular weight excluding hydrogens is 352 g/mol. The van der Waals surface area contributed by atoms with E-state index in [2.05, 4.69) is 29.2 Å². The summed E-state index contributed by atoms with van der Waals surface area (Å²) in [7, 11) is 5.07. The van der Waals surface area contributed by atoms with Gasteiger partial charge >= 0.3 is 0 Å². The summed E-state index contributed by atoms with van der Waals surface area (Å²) in [5.41, 5.74) is 3.28. The highest BCUT2D eigenvalue weighted by molar-refractivity contribution is 5.79. The minimum absolute atomic E-state index is 0.0589. The Bertz CT molecular complexity index is 783. The SMILES string of the molecule is COc1ccc(CC(=O)N(C)Cc2ccc(N3CCCCC3)cc2)c(OC)c1. The fourth-order valence-corrected chi connectivity index (χ4v) is 3.62. The van der Waals surface area contributed by atoms with Crippen LogP contribution < -0.4 is 14.4 Å². The Kier molecular flexibility index (Phi) is 6.80. The van der Waals surface area contributed by atoms with Gasteiger partial charge in [0, 0.05) is 44.0 Å². The summed E-state index contributed by atoms with van der Waals surface area (Å²) in [5, 5.41) is 0. The van der Waals surface area contributed by atoms with Crippen molar-refractivity contribution in [3.63, 3.8) is 0 Å². The monoisotopic (exact) mass is 382 g/mol. The zero-order chi connectivity index (χ0) is 19.9. The molecule has 1 fully saturated rings. The summed E-state index contributed by atoms with van der Waals surface area (Å²) in [6, 6.07) is 14.1. The summed E-state index contributed by atoms with van der Waals surface area (Å²) in [6.07, 6.45) is 4.18. The molecule has 2 aromatic rings. The van der Waals surface area contributed by atoms with Crippen molar-refractivity contribution in [2.24, 2.45) is 0 Å². The van der Waals surface area contributed by atoms with Crippen LogP contribution in [0.3, 0.4) is 0 Å². The highest BCUT2D eigenvalue weighted by Gasteiger charge is 2.15. The van der Waals surface area contributed by atoms with Gasteiger partial charge in [-0.3, -0.25) is 4.79 Å². The van der Waals surface area contributed by atoms with E-state index >= 15 is 0 Å². The molecule has 0 aliphatic carbocycles. The first-order valence-electron chi connectivity index (χ1n) is 9.89. The van der Waals surface area contributed by atoms with E-state index in [1.165, 1.54) is 24.9 Å². The first-order valence-corrected chi connectivity index (χ1v) is 9.89. The Labute approximate surface area is 167 Å². The quantitative estimate of drug-likeness (QED) is 0.728. The minimum Gasteiger partial charge on any atom is -0.497 e. The maximum atomic E-state index is 12.7. The van der Waals surface area contributed by atoms with Gasteiger partial charge in [0.05, 0.1) is 20.6 Å². The number of hydrogen-bond donors (Lipinski definition) is 0. The second kappa shape index (κ2) is 9.49. The Balaban J connectivity index is 1.59. The Morgan fingerprint density at radius 2 is 1.71 bits per heavy atom. The molecule has 0 atom stereocenters. The van der Waals surface area contributed by atoms with Crippen molar-refractivity contribution in [3.8, 4) is 11.5 Å². The summed E-state index contributed by atoms with van der Waals surface area (Å²) < 4.78 is 10.6. The third kappa shape index (κ3) is 4.97. The minimum atomic E-state index is 0.0589. The van der Waals surface area contributed by atoms with E-state index in [9.17, 15) is 4.79 Å². The largest absolute Gasteiger partial charge is 0.497 e. The Hall–Kier alpha value is -2.69. The second-order valence-electron chi connectivity index (χ2n) is 7.32. The first kappa shape index (κ1) is 20.1. The number of amides is 1. The molecule has 150 valence electrons. The van der Waals surface area contributed by atoms with Crippen molar-refractivity contribution < 1.29 is 14.3 Å². The molecule has 0 radical (unpaired) electrons. The molecule has 1 amide bonds. The van der Waals surface area contributed by atoms with Crippen LogP contribution in [0.4, 0.5) is 5.69 Å². The lowest BCUT2D eigenvalue weighted by atomic mass is 10.1. The van der Waals surface area contributed by atoms with Gasteiger partial charge in [0.2, 0.25) is 5.91 Å². The lowest BCUT2D eigenvalue weighted by Crippen LogP contribution is -2.29. The molecule has 0 bridgehead atoms.